The van der Waals surface area contributed by atoms with E-state index in [-0.39, 0.29) is 5.56 Å². The molecule has 0 saturated carbocycles. The summed E-state index contributed by atoms with van der Waals surface area (Å²) in [6, 6.07) is 10.7. The van der Waals surface area contributed by atoms with Crippen molar-refractivity contribution in [2.75, 3.05) is 21.3 Å². The minimum absolute atomic E-state index is 0.282. The summed E-state index contributed by atoms with van der Waals surface area (Å²) in [5.74, 6) is 2.04. The molecule has 1 N–H and O–H groups in total. The molecular formula is C17H16N2O4. The molecule has 0 atom stereocenters. The summed E-state index contributed by atoms with van der Waals surface area (Å²) in [5.41, 5.74) is 0.914. The maximum Gasteiger partial charge on any atom is 0.262 e. The Labute approximate surface area is 132 Å². The van der Waals surface area contributed by atoms with E-state index < -0.39 is 0 Å². The van der Waals surface area contributed by atoms with Gasteiger partial charge in [0.2, 0.25) is 0 Å². The second-order valence-electron chi connectivity index (χ2n) is 4.84. The van der Waals surface area contributed by atoms with Crippen molar-refractivity contribution in [1.29, 1.82) is 0 Å². The van der Waals surface area contributed by atoms with Gasteiger partial charge < -0.3 is 19.2 Å². The summed E-state index contributed by atoms with van der Waals surface area (Å²) in [4.78, 5) is 19.8. The zero-order chi connectivity index (χ0) is 16.4. The molecule has 6 heteroatoms. The second-order valence-corrected chi connectivity index (χ2v) is 4.84. The van der Waals surface area contributed by atoms with Crippen LogP contribution in [0.4, 0.5) is 0 Å². The molecule has 6 nitrogen and oxygen atoms in total. The van der Waals surface area contributed by atoms with E-state index in [4.69, 9.17) is 14.2 Å². The Bertz CT molecular complexity index is 918. The van der Waals surface area contributed by atoms with E-state index in [1.807, 2.05) is 24.3 Å². The maximum absolute atomic E-state index is 12.5. The first-order chi connectivity index (χ1) is 11.2. The minimum atomic E-state index is -0.282. The third-order valence-electron chi connectivity index (χ3n) is 3.56. The normalized spacial score (nSPS) is 10.6. The van der Waals surface area contributed by atoms with Crippen LogP contribution in [0.25, 0.3) is 22.3 Å². The second kappa shape index (κ2) is 6.00. The zero-order valence-corrected chi connectivity index (χ0v) is 13.0. The predicted molar refractivity (Wildman–Crippen MR) is 87.5 cm³/mol. The van der Waals surface area contributed by atoms with Crippen molar-refractivity contribution < 1.29 is 14.2 Å². The fourth-order valence-corrected chi connectivity index (χ4v) is 2.46. The van der Waals surface area contributed by atoms with E-state index in [0.29, 0.717) is 39.5 Å². The van der Waals surface area contributed by atoms with Gasteiger partial charge in [0.05, 0.1) is 32.4 Å². The van der Waals surface area contributed by atoms with E-state index in [1.54, 1.807) is 26.4 Å². The maximum atomic E-state index is 12.5. The van der Waals surface area contributed by atoms with Gasteiger partial charge in [0, 0.05) is 12.1 Å². The van der Waals surface area contributed by atoms with Crippen molar-refractivity contribution in [3.8, 4) is 28.6 Å². The summed E-state index contributed by atoms with van der Waals surface area (Å²) in [6.45, 7) is 0. The zero-order valence-electron chi connectivity index (χ0n) is 13.0. The molecule has 0 spiro atoms. The van der Waals surface area contributed by atoms with Gasteiger partial charge in [0.1, 0.15) is 28.5 Å². The largest absolute Gasteiger partial charge is 0.497 e. The molecule has 0 aliphatic carbocycles. The molecule has 3 rings (SSSR count). The first-order valence-electron chi connectivity index (χ1n) is 6.97. The van der Waals surface area contributed by atoms with Crippen molar-refractivity contribution in [2.24, 2.45) is 0 Å². The first kappa shape index (κ1) is 14.9. The monoisotopic (exact) mass is 312 g/mol. The number of nitrogens with one attached hydrogen (secondary N) is 1. The SMILES string of the molecule is COc1cc(OC)c2c(=O)[nH]c(-c3ccccc3OC)nc2c1. The Morgan fingerprint density at radius 2 is 1.70 bits per heavy atom. The van der Waals surface area contributed by atoms with E-state index in [0.717, 1.165) is 0 Å². The van der Waals surface area contributed by atoms with Crippen LogP contribution in [0, 0.1) is 0 Å². The highest BCUT2D eigenvalue weighted by molar-refractivity contribution is 5.87. The molecule has 0 fully saturated rings. The Morgan fingerprint density at radius 1 is 0.957 bits per heavy atom. The molecule has 0 bridgehead atoms. The van der Waals surface area contributed by atoms with Gasteiger partial charge in [-0.25, -0.2) is 4.98 Å². The standard InChI is InChI=1S/C17H16N2O4/c1-21-10-8-12-15(14(9-10)23-3)17(20)19-16(18-12)11-6-4-5-7-13(11)22-2/h4-9H,1-3H3,(H,18,19,20). The molecule has 2 aromatic carbocycles. The Balaban J connectivity index is 2.31. The molecule has 0 radical (unpaired) electrons. The van der Waals surface area contributed by atoms with Crippen molar-refractivity contribution in [2.45, 2.75) is 0 Å². The van der Waals surface area contributed by atoms with E-state index in [9.17, 15) is 4.79 Å². The summed E-state index contributed by atoms with van der Waals surface area (Å²) >= 11 is 0. The molecular weight excluding hydrogens is 296 g/mol. The lowest BCUT2D eigenvalue weighted by Gasteiger charge is -2.11. The molecule has 1 heterocycles. The van der Waals surface area contributed by atoms with E-state index in [2.05, 4.69) is 9.97 Å². The van der Waals surface area contributed by atoms with E-state index >= 15 is 0 Å². The van der Waals surface area contributed by atoms with Gasteiger partial charge in [-0.2, -0.15) is 0 Å². The number of ether oxygens (including phenoxy) is 3. The summed E-state index contributed by atoms with van der Waals surface area (Å²) < 4.78 is 15.8. The summed E-state index contributed by atoms with van der Waals surface area (Å²) in [6.07, 6.45) is 0. The van der Waals surface area contributed by atoms with Gasteiger partial charge in [-0.3, -0.25) is 4.79 Å². The van der Waals surface area contributed by atoms with Crippen molar-refractivity contribution >= 4 is 10.9 Å². The number of hydrogen-bond donors (Lipinski definition) is 1. The van der Waals surface area contributed by atoms with Gasteiger partial charge in [-0.05, 0) is 12.1 Å². The molecule has 0 unspecified atom stereocenters. The van der Waals surface area contributed by atoms with Crippen molar-refractivity contribution in [3.05, 3.63) is 46.8 Å². The Morgan fingerprint density at radius 3 is 2.39 bits per heavy atom. The van der Waals surface area contributed by atoms with Gasteiger partial charge in [-0.15, -0.1) is 0 Å². The van der Waals surface area contributed by atoms with Crippen LogP contribution in [0.5, 0.6) is 17.2 Å². The van der Waals surface area contributed by atoms with Crippen LogP contribution in [0.2, 0.25) is 0 Å². The lowest BCUT2D eigenvalue weighted by Crippen LogP contribution is -2.11. The Hall–Kier alpha value is -3.02. The lowest BCUT2D eigenvalue weighted by molar-refractivity contribution is 0.397. The number of nitrogens with zero attached hydrogens (tertiary/aromatic N) is 1. The first-order valence-corrected chi connectivity index (χ1v) is 6.97. The molecule has 0 amide bonds. The molecule has 118 valence electrons. The summed E-state index contributed by atoms with van der Waals surface area (Å²) in [7, 11) is 4.63. The number of aromatic amines is 1. The fourth-order valence-electron chi connectivity index (χ4n) is 2.46. The molecule has 0 aliphatic rings. The minimum Gasteiger partial charge on any atom is -0.497 e. The van der Waals surface area contributed by atoms with E-state index in [1.165, 1.54) is 7.11 Å². The number of aromatic nitrogens is 2. The van der Waals surface area contributed by atoms with Gasteiger partial charge in [-0.1, -0.05) is 12.1 Å². The number of fused-ring (bicyclic) bond motifs is 1. The average Bonchev–Trinajstić information content (AvgIpc) is 2.60. The van der Waals surface area contributed by atoms with Crippen LogP contribution in [0.1, 0.15) is 0 Å². The number of methoxy groups -OCH3 is 3. The van der Waals surface area contributed by atoms with Crippen LogP contribution in [-0.4, -0.2) is 31.3 Å². The molecule has 0 saturated heterocycles. The highest BCUT2D eigenvalue weighted by Crippen LogP contribution is 2.31. The van der Waals surface area contributed by atoms with Gasteiger partial charge in [0.15, 0.2) is 0 Å². The topological polar surface area (TPSA) is 73.4 Å². The van der Waals surface area contributed by atoms with Crippen LogP contribution >= 0.6 is 0 Å². The van der Waals surface area contributed by atoms with Crippen molar-refractivity contribution in [3.63, 3.8) is 0 Å². The molecule has 1 aromatic heterocycles. The van der Waals surface area contributed by atoms with Gasteiger partial charge >= 0.3 is 0 Å². The third kappa shape index (κ3) is 2.59. The number of rotatable bonds is 4. The molecule has 23 heavy (non-hydrogen) atoms. The molecule has 0 aliphatic heterocycles. The van der Waals surface area contributed by atoms with Crippen molar-refractivity contribution in [1.82, 2.24) is 9.97 Å². The highest BCUT2D eigenvalue weighted by atomic mass is 16.5. The number of H-pyrrole nitrogens is 1. The smallest absolute Gasteiger partial charge is 0.262 e. The predicted octanol–water partition coefficient (Wildman–Crippen LogP) is 2.62. The van der Waals surface area contributed by atoms with Crippen LogP contribution in [0.15, 0.2) is 41.2 Å². The van der Waals surface area contributed by atoms with Crippen LogP contribution < -0.4 is 19.8 Å². The van der Waals surface area contributed by atoms with Crippen LogP contribution in [-0.2, 0) is 0 Å². The quantitative estimate of drug-likeness (QED) is 0.801. The molecule has 3 aromatic rings. The average molecular weight is 312 g/mol. The number of para-hydroxylation sites is 1. The third-order valence-corrected chi connectivity index (χ3v) is 3.56. The number of benzene rings is 2. The highest BCUT2D eigenvalue weighted by Gasteiger charge is 2.14. The van der Waals surface area contributed by atoms with Crippen LogP contribution in [0.3, 0.4) is 0 Å². The lowest BCUT2D eigenvalue weighted by atomic mass is 10.1. The summed E-state index contributed by atoms with van der Waals surface area (Å²) in [5, 5.41) is 0.381. The number of hydrogen-bond acceptors (Lipinski definition) is 5. The fraction of sp³-hybridized carbons (Fsp3) is 0.176. The van der Waals surface area contributed by atoms with Gasteiger partial charge in [0.25, 0.3) is 5.56 Å². The Kier molecular flexibility index (Phi) is 3.89.